The van der Waals surface area contributed by atoms with E-state index in [-0.39, 0.29) is 6.61 Å². The van der Waals surface area contributed by atoms with E-state index in [1.165, 1.54) is 6.92 Å². The predicted octanol–water partition coefficient (Wildman–Crippen LogP) is 0.398. The van der Waals surface area contributed by atoms with Gasteiger partial charge in [-0.1, -0.05) is 13.3 Å². The number of aliphatic hydroxyl groups excluding tert-OH is 1. The SMILES string of the molecule is CCCCOC(C(C)O)S(=O)(=O)O. The Bertz CT molecular complexity index is 221. The van der Waals surface area contributed by atoms with Gasteiger partial charge in [-0.05, 0) is 13.3 Å². The van der Waals surface area contributed by atoms with Gasteiger partial charge in [-0.3, -0.25) is 4.55 Å². The highest BCUT2D eigenvalue weighted by atomic mass is 32.2. The van der Waals surface area contributed by atoms with Gasteiger partial charge in [0.05, 0.1) is 6.10 Å². The first-order valence-electron chi connectivity index (χ1n) is 4.15. The Morgan fingerprint density at radius 1 is 1.46 bits per heavy atom. The van der Waals surface area contributed by atoms with Crippen LogP contribution >= 0.6 is 0 Å². The number of ether oxygens (including phenoxy) is 1. The molecule has 0 heterocycles. The van der Waals surface area contributed by atoms with Crippen molar-refractivity contribution in [3.05, 3.63) is 0 Å². The average molecular weight is 212 g/mol. The van der Waals surface area contributed by atoms with E-state index >= 15 is 0 Å². The Hall–Kier alpha value is -0.170. The summed E-state index contributed by atoms with van der Waals surface area (Å²) < 4.78 is 34.7. The van der Waals surface area contributed by atoms with Crippen LogP contribution in [0, 0.1) is 0 Å². The van der Waals surface area contributed by atoms with Crippen LogP contribution in [0.1, 0.15) is 26.7 Å². The smallest absolute Gasteiger partial charge is 0.294 e. The molecule has 2 unspecified atom stereocenters. The lowest BCUT2D eigenvalue weighted by Crippen LogP contribution is -2.34. The molecule has 0 aliphatic heterocycles. The van der Waals surface area contributed by atoms with Gasteiger partial charge in [-0.15, -0.1) is 0 Å². The highest BCUT2D eigenvalue weighted by Crippen LogP contribution is 2.07. The Balaban J connectivity index is 4.13. The maximum Gasteiger partial charge on any atom is 0.294 e. The van der Waals surface area contributed by atoms with Gasteiger partial charge in [0.15, 0.2) is 0 Å². The summed E-state index contributed by atoms with van der Waals surface area (Å²) >= 11 is 0. The summed E-state index contributed by atoms with van der Waals surface area (Å²) in [6.07, 6.45) is 0.323. The molecular weight excluding hydrogens is 196 g/mol. The molecule has 0 rings (SSSR count). The zero-order valence-electron chi connectivity index (χ0n) is 7.80. The van der Waals surface area contributed by atoms with Crippen LogP contribution < -0.4 is 0 Å². The topological polar surface area (TPSA) is 83.8 Å². The minimum absolute atomic E-state index is 0.214. The maximum absolute atomic E-state index is 10.6. The first-order chi connectivity index (χ1) is 5.89. The van der Waals surface area contributed by atoms with Gasteiger partial charge in [-0.25, -0.2) is 0 Å². The van der Waals surface area contributed by atoms with Gasteiger partial charge >= 0.3 is 0 Å². The Morgan fingerprint density at radius 2 is 2.00 bits per heavy atom. The molecule has 13 heavy (non-hydrogen) atoms. The van der Waals surface area contributed by atoms with Crippen LogP contribution in [0.2, 0.25) is 0 Å². The number of aliphatic hydroxyl groups is 1. The van der Waals surface area contributed by atoms with Crippen LogP contribution in [0.25, 0.3) is 0 Å². The number of hydrogen-bond acceptors (Lipinski definition) is 4. The zero-order chi connectivity index (χ0) is 10.5. The number of unbranched alkanes of at least 4 members (excludes halogenated alkanes) is 1. The summed E-state index contributed by atoms with van der Waals surface area (Å²) in [5.41, 5.74) is -1.53. The van der Waals surface area contributed by atoms with Crippen molar-refractivity contribution < 1.29 is 22.8 Å². The summed E-state index contributed by atoms with van der Waals surface area (Å²) in [4.78, 5) is 0. The molecule has 0 aromatic rings. The van der Waals surface area contributed by atoms with E-state index in [1.807, 2.05) is 6.92 Å². The molecule has 0 spiro atoms. The fourth-order valence-corrected chi connectivity index (χ4v) is 1.58. The van der Waals surface area contributed by atoms with Crippen LogP contribution in [-0.2, 0) is 14.9 Å². The minimum Gasteiger partial charge on any atom is -0.389 e. The summed E-state index contributed by atoms with van der Waals surface area (Å²) in [6.45, 7) is 3.39. The fraction of sp³-hybridized carbons (Fsp3) is 1.00. The van der Waals surface area contributed by atoms with Gasteiger partial charge in [0.2, 0.25) is 5.44 Å². The van der Waals surface area contributed by atoms with E-state index in [4.69, 9.17) is 14.4 Å². The molecule has 0 fully saturated rings. The van der Waals surface area contributed by atoms with Gasteiger partial charge in [0.1, 0.15) is 0 Å². The van der Waals surface area contributed by atoms with Gasteiger partial charge in [-0.2, -0.15) is 8.42 Å². The largest absolute Gasteiger partial charge is 0.389 e. The molecule has 2 N–H and O–H groups in total. The fourth-order valence-electron chi connectivity index (χ4n) is 0.818. The van der Waals surface area contributed by atoms with Crippen molar-refractivity contribution in [2.75, 3.05) is 6.61 Å². The Labute approximate surface area is 78.5 Å². The van der Waals surface area contributed by atoms with Crippen molar-refractivity contribution in [2.45, 2.75) is 38.2 Å². The monoisotopic (exact) mass is 212 g/mol. The third kappa shape index (κ3) is 5.20. The molecule has 0 aromatic heterocycles. The second-order valence-corrected chi connectivity index (χ2v) is 4.34. The van der Waals surface area contributed by atoms with Gasteiger partial charge in [0, 0.05) is 6.61 Å². The minimum atomic E-state index is -4.32. The molecule has 0 saturated carbocycles. The molecule has 0 radical (unpaired) electrons. The maximum atomic E-state index is 10.6. The Kier molecular flexibility index (Phi) is 5.46. The summed E-state index contributed by atoms with van der Waals surface area (Å²) in [7, 11) is -4.32. The second-order valence-electron chi connectivity index (χ2n) is 2.85. The first-order valence-corrected chi connectivity index (χ1v) is 5.66. The highest BCUT2D eigenvalue weighted by Gasteiger charge is 2.28. The van der Waals surface area contributed by atoms with Crippen molar-refractivity contribution >= 4 is 10.1 Å². The molecule has 0 amide bonds. The highest BCUT2D eigenvalue weighted by molar-refractivity contribution is 7.86. The van der Waals surface area contributed by atoms with Crippen molar-refractivity contribution in [3.63, 3.8) is 0 Å². The van der Waals surface area contributed by atoms with Crippen molar-refractivity contribution in [1.82, 2.24) is 0 Å². The molecule has 0 aliphatic rings. The summed E-state index contributed by atoms with van der Waals surface area (Å²) in [5.74, 6) is 0. The third-order valence-electron chi connectivity index (χ3n) is 1.47. The molecule has 0 bridgehead atoms. The van der Waals surface area contributed by atoms with E-state index in [1.54, 1.807) is 0 Å². The quantitative estimate of drug-likeness (QED) is 0.491. The second kappa shape index (κ2) is 5.54. The predicted molar refractivity (Wildman–Crippen MR) is 47.9 cm³/mol. The van der Waals surface area contributed by atoms with Gasteiger partial charge < -0.3 is 9.84 Å². The molecule has 5 nitrogen and oxygen atoms in total. The first kappa shape index (κ1) is 12.8. The molecule has 2 atom stereocenters. The van der Waals surface area contributed by atoms with Crippen LogP contribution in [0.5, 0.6) is 0 Å². The van der Waals surface area contributed by atoms with Crippen LogP contribution in [0.3, 0.4) is 0 Å². The zero-order valence-corrected chi connectivity index (χ0v) is 8.62. The van der Waals surface area contributed by atoms with Crippen molar-refractivity contribution in [2.24, 2.45) is 0 Å². The summed E-state index contributed by atoms with van der Waals surface area (Å²) in [5, 5.41) is 8.98. The van der Waals surface area contributed by atoms with Crippen LogP contribution in [-0.4, -0.2) is 36.2 Å². The Morgan fingerprint density at radius 3 is 2.31 bits per heavy atom. The van der Waals surface area contributed by atoms with E-state index in [9.17, 15) is 8.42 Å². The molecular formula is C7H16O5S. The lowest BCUT2D eigenvalue weighted by Gasteiger charge is -2.16. The van der Waals surface area contributed by atoms with Crippen LogP contribution in [0.15, 0.2) is 0 Å². The van der Waals surface area contributed by atoms with Crippen LogP contribution in [0.4, 0.5) is 0 Å². The van der Waals surface area contributed by atoms with E-state index in [0.717, 1.165) is 6.42 Å². The standard InChI is InChI=1S/C7H16O5S/c1-3-4-5-12-7(6(2)8)13(9,10)11/h6-8H,3-5H2,1-2H3,(H,9,10,11). The number of rotatable bonds is 6. The normalized spacial score (nSPS) is 16.9. The molecule has 0 aliphatic carbocycles. The van der Waals surface area contributed by atoms with Crippen molar-refractivity contribution in [3.8, 4) is 0 Å². The van der Waals surface area contributed by atoms with E-state index in [0.29, 0.717) is 6.42 Å². The molecule has 0 aromatic carbocycles. The lowest BCUT2D eigenvalue weighted by atomic mass is 10.3. The molecule has 80 valence electrons. The lowest BCUT2D eigenvalue weighted by molar-refractivity contribution is 0.0123. The number of hydrogen-bond donors (Lipinski definition) is 2. The third-order valence-corrected chi connectivity index (χ3v) is 2.58. The summed E-state index contributed by atoms with van der Waals surface area (Å²) in [6, 6.07) is 0. The molecule has 6 heteroatoms. The van der Waals surface area contributed by atoms with E-state index in [2.05, 4.69) is 0 Å². The van der Waals surface area contributed by atoms with Gasteiger partial charge in [0.25, 0.3) is 10.1 Å². The average Bonchev–Trinajstić information content (AvgIpc) is 1.94. The van der Waals surface area contributed by atoms with Crippen molar-refractivity contribution in [1.29, 1.82) is 0 Å². The molecule has 0 saturated heterocycles. The van der Waals surface area contributed by atoms with E-state index < -0.39 is 21.7 Å².